The van der Waals surface area contributed by atoms with Gasteiger partial charge in [-0.25, -0.2) is 21.5 Å². The van der Waals surface area contributed by atoms with Gasteiger partial charge < -0.3 is 4.90 Å². The monoisotopic (exact) mass is 332 g/mol. The van der Waals surface area contributed by atoms with E-state index >= 15 is 0 Å². The smallest absolute Gasteiger partial charge is 0.256 e. The van der Waals surface area contributed by atoms with Crippen molar-refractivity contribution >= 4 is 15.9 Å². The third-order valence-corrected chi connectivity index (χ3v) is 5.29. The summed E-state index contributed by atoms with van der Waals surface area (Å²) in [6, 6.07) is 2.68. The third-order valence-electron chi connectivity index (χ3n) is 3.95. The maximum absolute atomic E-state index is 13.6. The summed E-state index contributed by atoms with van der Waals surface area (Å²) >= 11 is 0. The molecule has 1 aromatic carbocycles. The molecule has 122 valence electrons. The number of carbonyl (C=O) groups excluding carboxylic acids is 1. The Kier molecular flexibility index (Phi) is 4.81. The summed E-state index contributed by atoms with van der Waals surface area (Å²) in [7, 11) is -1.76. The van der Waals surface area contributed by atoms with Crippen LogP contribution in [0.4, 0.5) is 8.78 Å². The molecule has 22 heavy (non-hydrogen) atoms. The Balaban J connectivity index is 2.04. The van der Waals surface area contributed by atoms with Gasteiger partial charge in [-0.05, 0) is 25.0 Å². The summed E-state index contributed by atoms with van der Waals surface area (Å²) in [5.74, 6) is -2.12. The Morgan fingerprint density at radius 3 is 2.36 bits per heavy atom. The summed E-state index contributed by atoms with van der Waals surface area (Å²) in [6.07, 6.45) is 2.11. The van der Waals surface area contributed by atoms with Crippen LogP contribution in [0.5, 0.6) is 0 Å². The average molecular weight is 332 g/mol. The van der Waals surface area contributed by atoms with Crippen molar-refractivity contribution in [3.8, 4) is 0 Å². The lowest BCUT2D eigenvalue weighted by Crippen LogP contribution is -2.47. The number of likely N-dealkylation sites (tertiary alicyclic amines) is 1. The molecule has 0 bridgehead atoms. The third kappa shape index (κ3) is 3.61. The maximum atomic E-state index is 13.6. The van der Waals surface area contributed by atoms with E-state index in [-0.39, 0.29) is 11.6 Å². The molecular weight excluding hydrogens is 314 g/mol. The van der Waals surface area contributed by atoms with Gasteiger partial charge in [-0.1, -0.05) is 0 Å². The van der Waals surface area contributed by atoms with E-state index in [1.807, 2.05) is 0 Å². The molecule has 0 aromatic heterocycles. The van der Waals surface area contributed by atoms with Gasteiger partial charge in [0.2, 0.25) is 10.0 Å². The molecule has 8 heteroatoms. The molecule has 0 saturated carbocycles. The van der Waals surface area contributed by atoms with E-state index in [1.165, 1.54) is 16.3 Å². The predicted molar refractivity (Wildman–Crippen MR) is 77.9 cm³/mol. The van der Waals surface area contributed by atoms with Crippen molar-refractivity contribution in [2.75, 3.05) is 26.4 Å². The van der Waals surface area contributed by atoms with Crippen LogP contribution in [0.3, 0.4) is 0 Å². The molecule has 0 aliphatic carbocycles. The summed E-state index contributed by atoms with van der Waals surface area (Å²) in [4.78, 5) is 13.7. The number of nitrogens with zero attached hydrogens (tertiary/aromatic N) is 2. The molecular formula is C14H18F2N2O3S. The van der Waals surface area contributed by atoms with Crippen LogP contribution < -0.4 is 0 Å². The highest BCUT2D eigenvalue weighted by molar-refractivity contribution is 7.88. The van der Waals surface area contributed by atoms with Crippen LogP contribution in [0.25, 0.3) is 0 Å². The minimum Gasteiger partial charge on any atom is -0.338 e. The van der Waals surface area contributed by atoms with E-state index in [0.29, 0.717) is 32.0 Å². The fourth-order valence-corrected chi connectivity index (χ4v) is 3.29. The van der Waals surface area contributed by atoms with Gasteiger partial charge >= 0.3 is 0 Å². The van der Waals surface area contributed by atoms with Crippen molar-refractivity contribution < 1.29 is 22.0 Å². The average Bonchev–Trinajstić information content (AvgIpc) is 2.45. The van der Waals surface area contributed by atoms with E-state index in [4.69, 9.17) is 0 Å². The fourth-order valence-electron chi connectivity index (χ4n) is 2.54. The van der Waals surface area contributed by atoms with Crippen molar-refractivity contribution in [1.82, 2.24) is 9.21 Å². The molecule has 0 spiro atoms. The molecule has 0 atom stereocenters. The molecule has 1 fully saturated rings. The molecule has 1 saturated heterocycles. The summed E-state index contributed by atoms with van der Waals surface area (Å²) in [5, 5.41) is 0. The highest BCUT2D eigenvalue weighted by Gasteiger charge is 2.30. The predicted octanol–water partition coefficient (Wildman–Crippen LogP) is 1.46. The minimum atomic E-state index is -3.28. The second-order valence-electron chi connectivity index (χ2n) is 5.43. The lowest BCUT2D eigenvalue weighted by Gasteiger charge is -2.35. The van der Waals surface area contributed by atoms with Crippen LogP contribution >= 0.6 is 0 Å². The number of halogens is 2. The summed E-state index contributed by atoms with van der Waals surface area (Å²) in [5.41, 5.74) is -0.170. The van der Waals surface area contributed by atoms with Crippen LogP contribution in [0.1, 0.15) is 23.2 Å². The molecule has 1 amide bonds. The Labute approximate surface area is 128 Å². The number of piperidine rings is 1. The first-order valence-corrected chi connectivity index (χ1v) is 8.72. The molecule has 1 aliphatic heterocycles. The maximum Gasteiger partial charge on any atom is 0.256 e. The number of sulfonamides is 1. The molecule has 2 rings (SSSR count). The fraction of sp³-hybridized carbons (Fsp3) is 0.500. The number of amides is 1. The van der Waals surface area contributed by atoms with Crippen LogP contribution in [0.2, 0.25) is 0 Å². The van der Waals surface area contributed by atoms with Crippen LogP contribution in [-0.4, -0.2) is 56.0 Å². The van der Waals surface area contributed by atoms with Crippen LogP contribution in [0, 0.1) is 11.6 Å². The van der Waals surface area contributed by atoms with Gasteiger partial charge in [0.1, 0.15) is 11.6 Å². The molecule has 1 aliphatic rings. The van der Waals surface area contributed by atoms with Gasteiger partial charge in [0, 0.05) is 32.2 Å². The van der Waals surface area contributed by atoms with E-state index < -0.39 is 27.6 Å². The molecule has 0 radical (unpaired) electrons. The summed E-state index contributed by atoms with van der Waals surface area (Å²) < 4.78 is 50.8. The second-order valence-corrected chi connectivity index (χ2v) is 7.47. The topological polar surface area (TPSA) is 57.7 Å². The molecule has 0 N–H and O–H groups in total. The molecule has 0 unspecified atom stereocenters. The number of benzene rings is 1. The van der Waals surface area contributed by atoms with E-state index in [2.05, 4.69) is 0 Å². The SMILES string of the molecule is CN(C1CCN(C(=O)c2ccc(F)cc2F)CC1)S(C)(=O)=O. The number of rotatable bonds is 3. The van der Waals surface area contributed by atoms with Crippen molar-refractivity contribution in [3.05, 3.63) is 35.4 Å². The van der Waals surface area contributed by atoms with Crippen molar-refractivity contribution in [2.45, 2.75) is 18.9 Å². The number of hydrogen-bond acceptors (Lipinski definition) is 3. The van der Waals surface area contributed by atoms with Gasteiger partial charge in [-0.3, -0.25) is 4.79 Å². The first-order chi connectivity index (χ1) is 10.2. The standard InChI is InChI=1S/C14H18F2N2O3S/c1-17(22(2,20)21)11-5-7-18(8-6-11)14(19)12-4-3-10(15)9-13(12)16/h3-4,9,11H,5-8H2,1-2H3. The minimum absolute atomic E-state index is 0.169. The Hall–Kier alpha value is -1.54. The van der Waals surface area contributed by atoms with E-state index in [1.54, 1.807) is 0 Å². The zero-order valence-corrected chi connectivity index (χ0v) is 13.2. The van der Waals surface area contributed by atoms with E-state index in [9.17, 15) is 22.0 Å². The van der Waals surface area contributed by atoms with Crippen molar-refractivity contribution in [2.24, 2.45) is 0 Å². The first-order valence-electron chi connectivity index (χ1n) is 6.87. The molecule has 1 aromatic rings. The van der Waals surface area contributed by atoms with Gasteiger partial charge in [-0.15, -0.1) is 0 Å². The zero-order valence-electron chi connectivity index (χ0n) is 12.4. The summed E-state index contributed by atoms with van der Waals surface area (Å²) in [6.45, 7) is 0.667. The largest absolute Gasteiger partial charge is 0.338 e. The van der Waals surface area contributed by atoms with Gasteiger partial charge in [-0.2, -0.15) is 0 Å². The highest BCUT2D eigenvalue weighted by Crippen LogP contribution is 2.20. The normalized spacial score (nSPS) is 17.0. The van der Waals surface area contributed by atoms with Gasteiger partial charge in [0.15, 0.2) is 0 Å². The van der Waals surface area contributed by atoms with Crippen LogP contribution in [-0.2, 0) is 10.0 Å². The lowest BCUT2D eigenvalue weighted by molar-refractivity contribution is 0.0681. The van der Waals surface area contributed by atoms with Gasteiger partial charge in [0.25, 0.3) is 5.91 Å². The lowest BCUT2D eigenvalue weighted by atomic mass is 10.0. The number of carbonyl (C=O) groups is 1. The van der Waals surface area contributed by atoms with Crippen molar-refractivity contribution in [3.63, 3.8) is 0 Å². The van der Waals surface area contributed by atoms with Crippen molar-refractivity contribution in [1.29, 1.82) is 0 Å². The highest BCUT2D eigenvalue weighted by atomic mass is 32.2. The molecule has 5 nitrogen and oxygen atoms in total. The second kappa shape index (κ2) is 6.29. The Bertz CT molecular complexity index is 671. The Morgan fingerprint density at radius 2 is 1.86 bits per heavy atom. The van der Waals surface area contributed by atoms with Gasteiger partial charge in [0.05, 0.1) is 11.8 Å². The Morgan fingerprint density at radius 1 is 1.27 bits per heavy atom. The van der Waals surface area contributed by atoms with E-state index in [0.717, 1.165) is 18.4 Å². The van der Waals surface area contributed by atoms with Crippen LogP contribution in [0.15, 0.2) is 18.2 Å². The quantitative estimate of drug-likeness (QED) is 0.842. The first kappa shape index (κ1) is 16.8. The number of hydrogen-bond donors (Lipinski definition) is 0. The zero-order chi connectivity index (χ0) is 16.5. The molecule has 1 heterocycles.